The SMILES string of the molecule is O=C(NCc1ccc(S(=O)(=O)N2CCCCC2)cc1)c1cc(N2CCCC2)ccn1. The van der Waals surface area contributed by atoms with Crippen LogP contribution in [-0.4, -0.2) is 49.8 Å². The molecule has 2 saturated heterocycles. The Hall–Kier alpha value is -2.45. The molecular formula is C22H28N4O3S. The summed E-state index contributed by atoms with van der Waals surface area (Å²) in [6.45, 7) is 3.52. The lowest BCUT2D eigenvalue weighted by Gasteiger charge is -2.25. The summed E-state index contributed by atoms with van der Waals surface area (Å²) in [6.07, 6.45) is 6.93. The number of nitrogens with one attached hydrogen (secondary N) is 1. The maximum absolute atomic E-state index is 12.7. The zero-order valence-electron chi connectivity index (χ0n) is 17.1. The molecule has 4 rings (SSSR count). The van der Waals surface area contributed by atoms with Crippen LogP contribution in [0, 0.1) is 0 Å². The van der Waals surface area contributed by atoms with Crippen LogP contribution in [0.15, 0.2) is 47.5 Å². The number of hydrogen-bond donors (Lipinski definition) is 1. The van der Waals surface area contributed by atoms with Crippen molar-refractivity contribution in [2.45, 2.75) is 43.5 Å². The molecule has 2 aliphatic rings. The summed E-state index contributed by atoms with van der Waals surface area (Å²) >= 11 is 0. The zero-order chi connectivity index (χ0) is 21.0. The Morgan fingerprint density at radius 1 is 0.933 bits per heavy atom. The zero-order valence-corrected chi connectivity index (χ0v) is 17.9. The van der Waals surface area contributed by atoms with Gasteiger partial charge >= 0.3 is 0 Å². The summed E-state index contributed by atoms with van der Waals surface area (Å²) in [4.78, 5) is 19.3. The van der Waals surface area contributed by atoms with Crippen LogP contribution in [0.5, 0.6) is 0 Å². The van der Waals surface area contributed by atoms with Gasteiger partial charge in [-0.2, -0.15) is 4.31 Å². The summed E-state index contributed by atoms with van der Waals surface area (Å²) < 4.78 is 27.0. The third kappa shape index (κ3) is 4.65. The smallest absolute Gasteiger partial charge is 0.270 e. The van der Waals surface area contributed by atoms with Crippen molar-refractivity contribution in [1.29, 1.82) is 0 Å². The third-order valence-electron chi connectivity index (χ3n) is 5.78. The van der Waals surface area contributed by atoms with Crippen molar-refractivity contribution >= 4 is 21.6 Å². The van der Waals surface area contributed by atoms with Gasteiger partial charge in [0.2, 0.25) is 10.0 Å². The predicted molar refractivity (Wildman–Crippen MR) is 116 cm³/mol. The monoisotopic (exact) mass is 428 g/mol. The van der Waals surface area contributed by atoms with Crippen molar-refractivity contribution in [2.75, 3.05) is 31.1 Å². The molecule has 1 amide bonds. The van der Waals surface area contributed by atoms with E-state index in [-0.39, 0.29) is 5.91 Å². The number of carbonyl (C=O) groups is 1. The van der Waals surface area contributed by atoms with Crippen LogP contribution in [0.3, 0.4) is 0 Å². The Morgan fingerprint density at radius 3 is 2.30 bits per heavy atom. The molecule has 2 fully saturated rings. The molecular weight excluding hydrogens is 400 g/mol. The number of pyridine rings is 1. The quantitative estimate of drug-likeness (QED) is 0.765. The van der Waals surface area contributed by atoms with Gasteiger partial charge in [-0.25, -0.2) is 8.42 Å². The number of nitrogens with zero attached hydrogens (tertiary/aromatic N) is 3. The van der Waals surface area contributed by atoms with E-state index in [1.807, 2.05) is 12.1 Å². The van der Waals surface area contributed by atoms with E-state index < -0.39 is 10.0 Å². The molecule has 2 aliphatic heterocycles. The lowest BCUT2D eigenvalue weighted by Crippen LogP contribution is -2.35. The van der Waals surface area contributed by atoms with E-state index in [0.29, 0.717) is 30.2 Å². The molecule has 1 N–H and O–H groups in total. The maximum Gasteiger partial charge on any atom is 0.270 e. The molecule has 160 valence electrons. The molecule has 1 aromatic carbocycles. The Morgan fingerprint density at radius 2 is 1.60 bits per heavy atom. The standard InChI is InChI=1S/C22H28N4O3S/c27-22(21-16-19(10-11-23-21)25-12-4-5-13-25)24-17-18-6-8-20(9-7-18)30(28,29)26-14-2-1-3-15-26/h6-11,16H,1-5,12-15,17H2,(H,24,27). The van der Waals surface area contributed by atoms with Gasteiger partial charge in [-0.15, -0.1) is 0 Å². The van der Waals surface area contributed by atoms with Gasteiger partial charge in [0.25, 0.3) is 5.91 Å². The fourth-order valence-corrected chi connectivity index (χ4v) is 5.54. The summed E-state index contributed by atoms with van der Waals surface area (Å²) in [5.41, 5.74) is 2.26. The topological polar surface area (TPSA) is 82.6 Å². The molecule has 8 heteroatoms. The Kier molecular flexibility index (Phi) is 6.34. The molecule has 0 unspecified atom stereocenters. The van der Waals surface area contributed by atoms with Gasteiger partial charge in [0.05, 0.1) is 4.90 Å². The highest BCUT2D eigenvalue weighted by atomic mass is 32.2. The van der Waals surface area contributed by atoms with E-state index in [1.165, 1.54) is 12.8 Å². The van der Waals surface area contributed by atoms with Gasteiger partial charge in [0.1, 0.15) is 5.69 Å². The highest BCUT2D eigenvalue weighted by molar-refractivity contribution is 7.89. The normalized spacial score (nSPS) is 17.8. The van der Waals surface area contributed by atoms with Gasteiger partial charge in [-0.3, -0.25) is 9.78 Å². The van der Waals surface area contributed by atoms with Crippen molar-refractivity contribution in [1.82, 2.24) is 14.6 Å². The van der Waals surface area contributed by atoms with Gasteiger partial charge in [-0.1, -0.05) is 18.6 Å². The fourth-order valence-electron chi connectivity index (χ4n) is 4.02. The Labute approximate surface area is 178 Å². The minimum Gasteiger partial charge on any atom is -0.371 e. The highest BCUT2D eigenvalue weighted by Gasteiger charge is 2.25. The second-order valence-corrected chi connectivity index (χ2v) is 9.82. The molecule has 0 radical (unpaired) electrons. The number of hydrogen-bond acceptors (Lipinski definition) is 5. The number of amides is 1. The van der Waals surface area contributed by atoms with Crippen LogP contribution in [0.1, 0.15) is 48.2 Å². The fraction of sp³-hybridized carbons (Fsp3) is 0.455. The van der Waals surface area contributed by atoms with Crippen LogP contribution in [0.2, 0.25) is 0 Å². The lowest BCUT2D eigenvalue weighted by molar-refractivity contribution is 0.0946. The first-order valence-corrected chi connectivity index (χ1v) is 12.1. The molecule has 0 atom stereocenters. The minimum absolute atomic E-state index is 0.235. The van der Waals surface area contributed by atoms with E-state index in [4.69, 9.17) is 0 Å². The molecule has 0 spiro atoms. The first-order valence-electron chi connectivity index (χ1n) is 10.6. The molecule has 0 saturated carbocycles. The van der Waals surface area contributed by atoms with Crippen LogP contribution in [0.25, 0.3) is 0 Å². The first kappa shape index (κ1) is 20.8. The first-order chi connectivity index (χ1) is 14.5. The molecule has 0 aliphatic carbocycles. The van der Waals surface area contributed by atoms with E-state index >= 15 is 0 Å². The van der Waals surface area contributed by atoms with E-state index in [9.17, 15) is 13.2 Å². The van der Waals surface area contributed by atoms with Crippen molar-refractivity contribution in [2.24, 2.45) is 0 Å². The number of sulfonamides is 1. The van der Waals surface area contributed by atoms with E-state index in [1.54, 1.807) is 34.8 Å². The number of benzene rings is 1. The summed E-state index contributed by atoms with van der Waals surface area (Å²) in [5.74, 6) is -0.235. The highest BCUT2D eigenvalue weighted by Crippen LogP contribution is 2.22. The molecule has 3 heterocycles. The maximum atomic E-state index is 12.7. The van der Waals surface area contributed by atoms with Crippen LogP contribution in [0.4, 0.5) is 5.69 Å². The summed E-state index contributed by atoms with van der Waals surface area (Å²) in [5, 5.41) is 2.87. The van der Waals surface area contributed by atoms with Crippen molar-refractivity contribution in [3.8, 4) is 0 Å². The van der Waals surface area contributed by atoms with Crippen LogP contribution >= 0.6 is 0 Å². The van der Waals surface area contributed by atoms with Gasteiger partial charge < -0.3 is 10.2 Å². The van der Waals surface area contributed by atoms with E-state index in [0.717, 1.165) is 43.6 Å². The largest absolute Gasteiger partial charge is 0.371 e. The average molecular weight is 429 g/mol. The number of rotatable bonds is 6. The van der Waals surface area contributed by atoms with Crippen LogP contribution in [-0.2, 0) is 16.6 Å². The molecule has 1 aromatic heterocycles. The second kappa shape index (κ2) is 9.14. The third-order valence-corrected chi connectivity index (χ3v) is 7.69. The second-order valence-electron chi connectivity index (χ2n) is 7.88. The van der Waals surface area contributed by atoms with Crippen molar-refractivity contribution in [3.05, 3.63) is 53.9 Å². The molecule has 30 heavy (non-hydrogen) atoms. The number of carbonyl (C=O) groups excluding carboxylic acids is 1. The summed E-state index contributed by atoms with van der Waals surface area (Å²) in [7, 11) is -3.43. The number of piperidine rings is 1. The Balaban J connectivity index is 1.37. The number of aromatic nitrogens is 1. The average Bonchev–Trinajstić information content (AvgIpc) is 3.33. The van der Waals surface area contributed by atoms with Gasteiger partial charge in [-0.05, 0) is 55.5 Å². The minimum atomic E-state index is -3.43. The summed E-state index contributed by atoms with van der Waals surface area (Å²) in [6, 6.07) is 10.5. The predicted octanol–water partition coefficient (Wildman–Crippen LogP) is 2.79. The van der Waals surface area contributed by atoms with Crippen LogP contribution < -0.4 is 10.2 Å². The van der Waals surface area contributed by atoms with Crippen molar-refractivity contribution < 1.29 is 13.2 Å². The van der Waals surface area contributed by atoms with E-state index in [2.05, 4.69) is 15.2 Å². The Bertz CT molecular complexity index is 980. The molecule has 2 aromatic rings. The van der Waals surface area contributed by atoms with Crippen molar-refractivity contribution in [3.63, 3.8) is 0 Å². The van der Waals surface area contributed by atoms with Gasteiger partial charge in [0.15, 0.2) is 0 Å². The molecule has 0 bridgehead atoms. The molecule has 7 nitrogen and oxygen atoms in total. The lowest BCUT2D eigenvalue weighted by atomic mass is 10.2. The number of anilines is 1. The van der Waals surface area contributed by atoms with Gasteiger partial charge in [0, 0.05) is 44.6 Å².